The molecule has 7 heteroatoms. The second kappa shape index (κ2) is 4.79. The molecule has 0 aromatic rings. The van der Waals surface area contributed by atoms with Crippen molar-refractivity contribution in [3.63, 3.8) is 0 Å². The molecule has 0 amide bonds. The van der Waals surface area contributed by atoms with E-state index in [0.29, 0.717) is 19.4 Å². The van der Waals surface area contributed by atoms with Crippen LogP contribution in [0.4, 0.5) is 0 Å². The molecule has 6 nitrogen and oxygen atoms in total. The first-order valence-electron chi connectivity index (χ1n) is 6.37. The molecule has 2 aliphatic heterocycles. The van der Waals surface area contributed by atoms with E-state index in [4.69, 9.17) is 5.11 Å². The highest BCUT2D eigenvalue weighted by Gasteiger charge is 2.54. The Labute approximate surface area is 108 Å². The topological polar surface area (TPSA) is 77.9 Å². The number of nitrogens with zero attached hydrogens (tertiary/aromatic N) is 2. The van der Waals surface area contributed by atoms with Gasteiger partial charge in [-0.05, 0) is 25.7 Å². The van der Waals surface area contributed by atoms with E-state index in [1.54, 1.807) is 7.05 Å². The van der Waals surface area contributed by atoms with Crippen LogP contribution in [0.15, 0.2) is 0 Å². The molecule has 2 rings (SSSR count). The Kier molecular flexibility index (Phi) is 3.66. The lowest BCUT2D eigenvalue weighted by molar-refractivity contribution is -0.142. The molecule has 18 heavy (non-hydrogen) atoms. The second-order valence-corrected chi connectivity index (χ2v) is 7.08. The van der Waals surface area contributed by atoms with Gasteiger partial charge in [0.15, 0.2) is 0 Å². The fourth-order valence-electron chi connectivity index (χ4n) is 3.15. The Bertz CT molecular complexity index is 436. The van der Waals surface area contributed by atoms with E-state index in [2.05, 4.69) is 0 Å². The smallest absolute Gasteiger partial charge is 0.308 e. The van der Waals surface area contributed by atoms with Crippen LogP contribution in [-0.2, 0) is 15.0 Å². The highest BCUT2D eigenvalue weighted by atomic mass is 32.2. The SMILES string of the molecule is CCCN(C)S(=O)(=O)N1C2CCC1C(C(=O)O)C2. The maximum absolute atomic E-state index is 12.4. The van der Waals surface area contributed by atoms with Gasteiger partial charge in [-0.3, -0.25) is 4.79 Å². The third-order valence-corrected chi connectivity index (χ3v) is 6.06. The molecule has 1 N–H and O–H groups in total. The molecular formula is C11H20N2O4S. The quantitative estimate of drug-likeness (QED) is 0.793. The molecule has 0 saturated carbocycles. The third kappa shape index (κ3) is 2.04. The Hall–Kier alpha value is -0.660. The minimum Gasteiger partial charge on any atom is -0.481 e. The van der Waals surface area contributed by atoms with E-state index >= 15 is 0 Å². The van der Waals surface area contributed by atoms with Crippen LogP contribution in [0, 0.1) is 5.92 Å². The lowest BCUT2D eigenvalue weighted by Gasteiger charge is -2.27. The van der Waals surface area contributed by atoms with Crippen LogP contribution < -0.4 is 0 Å². The van der Waals surface area contributed by atoms with Gasteiger partial charge in [-0.25, -0.2) is 0 Å². The molecule has 0 aromatic heterocycles. The highest BCUT2D eigenvalue weighted by molar-refractivity contribution is 7.86. The van der Waals surface area contributed by atoms with Crippen molar-refractivity contribution in [1.29, 1.82) is 0 Å². The second-order valence-electron chi connectivity index (χ2n) is 5.14. The van der Waals surface area contributed by atoms with Gasteiger partial charge < -0.3 is 5.11 Å². The first-order chi connectivity index (χ1) is 8.39. The molecule has 0 aliphatic carbocycles. The number of carboxylic acid groups (broad SMARTS) is 1. The van der Waals surface area contributed by atoms with E-state index in [9.17, 15) is 13.2 Å². The molecule has 0 radical (unpaired) electrons. The molecule has 2 aliphatic rings. The maximum Gasteiger partial charge on any atom is 0.308 e. The largest absolute Gasteiger partial charge is 0.481 e. The standard InChI is InChI=1S/C11H20N2O4S/c1-3-6-12(2)18(16,17)13-8-4-5-10(13)9(7-8)11(14)15/h8-10H,3-7H2,1-2H3,(H,14,15). The lowest BCUT2D eigenvalue weighted by atomic mass is 9.89. The van der Waals surface area contributed by atoms with Crippen LogP contribution in [0.1, 0.15) is 32.6 Å². The van der Waals surface area contributed by atoms with Gasteiger partial charge in [-0.15, -0.1) is 0 Å². The molecule has 2 heterocycles. The summed E-state index contributed by atoms with van der Waals surface area (Å²) in [6.45, 7) is 2.39. The zero-order valence-corrected chi connectivity index (χ0v) is 11.6. The monoisotopic (exact) mass is 276 g/mol. The zero-order chi connectivity index (χ0) is 13.5. The summed E-state index contributed by atoms with van der Waals surface area (Å²) in [7, 11) is -1.94. The van der Waals surface area contributed by atoms with Gasteiger partial charge >= 0.3 is 5.97 Å². The Balaban J connectivity index is 2.22. The summed E-state index contributed by atoms with van der Waals surface area (Å²) in [5, 5.41) is 9.13. The van der Waals surface area contributed by atoms with Crippen molar-refractivity contribution in [2.75, 3.05) is 13.6 Å². The van der Waals surface area contributed by atoms with Gasteiger partial charge in [0.25, 0.3) is 10.2 Å². The Morgan fingerprint density at radius 2 is 2.11 bits per heavy atom. The third-order valence-electron chi connectivity index (χ3n) is 3.99. The molecule has 2 saturated heterocycles. The molecule has 3 unspecified atom stereocenters. The average Bonchev–Trinajstić information content (AvgIpc) is 2.86. The summed E-state index contributed by atoms with van der Waals surface area (Å²) in [4.78, 5) is 11.1. The Morgan fingerprint density at radius 1 is 1.44 bits per heavy atom. The summed E-state index contributed by atoms with van der Waals surface area (Å²) < 4.78 is 27.6. The number of carbonyl (C=O) groups is 1. The summed E-state index contributed by atoms with van der Waals surface area (Å²) in [5.41, 5.74) is 0. The van der Waals surface area contributed by atoms with Crippen molar-refractivity contribution in [2.24, 2.45) is 5.92 Å². The number of hydrogen-bond donors (Lipinski definition) is 1. The number of hydrogen-bond acceptors (Lipinski definition) is 3. The van der Waals surface area contributed by atoms with Crippen LogP contribution >= 0.6 is 0 Å². The van der Waals surface area contributed by atoms with Crippen molar-refractivity contribution in [2.45, 2.75) is 44.7 Å². The minimum absolute atomic E-state index is 0.125. The number of fused-ring (bicyclic) bond motifs is 2. The predicted molar refractivity (Wildman–Crippen MR) is 66.2 cm³/mol. The summed E-state index contributed by atoms with van der Waals surface area (Å²) in [5.74, 6) is -1.41. The van der Waals surface area contributed by atoms with Crippen molar-refractivity contribution in [1.82, 2.24) is 8.61 Å². The van der Waals surface area contributed by atoms with Gasteiger partial charge in [-0.1, -0.05) is 6.92 Å². The van der Waals surface area contributed by atoms with Gasteiger partial charge in [0.1, 0.15) is 0 Å². The van der Waals surface area contributed by atoms with Gasteiger partial charge in [0, 0.05) is 25.7 Å². The number of rotatable bonds is 5. The molecule has 3 atom stereocenters. The number of carboxylic acids is 1. The summed E-state index contributed by atoms with van der Waals surface area (Å²) in [6.07, 6.45) is 2.66. The van der Waals surface area contributed by atoms with Crippen LogP contribution in [0.5, 0.6) is 0 Å². The van der Waals surface area contributed by atoms with Crippen LogP contribution in [0.3, 0.4) is 0 Å². The maximum atomic E-state index is 12.4. The normalized spacial score (nSPS) is 32.3. The fourth-order valence-corrected chi connectivity index (χ4v) is 5.05. The molecule has 0 spiro atoms. The lowest BCUT2D eigenvalue weighted by Crippen LogP contribution is -2.45. The van der Waals surface area contributed by atoms with E-state index in [0.717, 1.165) is 12.8 Å². The summed E-state index contributed by atoms with van der Waals surface area (Å²) >= 11 is 0. The molecule has 0 aromatic carbocycles. The van der Waals surface area contributed by atoms with E-state index in [-0.39, 0.29) is 12.1 Å². The van der Waals surface area contributed by atoms with E-state index in [1.165, 1.54) is 8.61 Å². The summed E-state index contributed by atoms with van der Waals surface area (Å²) in [6, 6.07) is -0.475. The van der Waals surface area contributed by atoms with E-state index < -0.39 is 22.1 Å². The zero-order valence-electron chi connectivity index (χ0n) is 10.7. The van der Waals surface area contributed by atoms with Crippen molar-refractivity contribution >= 4 is 16.2 Å². The van der Waals surface area contributed by atoms with Gasteiger partial charge in [0.05, 0.1) is 5.92 Å². The molecule has 2 fully saturated rings. The number of aliphatic carboxylic acids is 1. The highest BCUT2D eigenvalue weighted by Crippen LogP contribution is 2.44. The fraction of sp³-hybridized carbons (Fsp3) is 0.909. The predicted octanol–water partition coefficient (Wildman–Crippen LogP) is 0.510. The van der Waals surface area contributed by atoms with Gasteiger partial charge in [0.2, 0.25) is 0 Å². The Morgan fingerprint density at radius 3 is 2.61 bits per heavy atom. The molecular weight excluding hydrogens is 256 g/mol. The molecule has 2 bridgehead atoms. The van der Waals surface area contributed by atoms with Crippen molar-refractivity contribution in [3.05, 3.63) is 0 Å². The average molecular weight is 276 g/mol. The first-order valence-corrected chi connectivity index (χ1v) is 7.77. The van der Waals surface area contributed by atoms with Crippen molar-refractivity contribution < 1.29 is 18.3 Å². The first kappa shape index (κ1) is 13.8. The van der Waals surface area contributed by atoms with Gasteiger partial charge in [-0.2, -0.15) is 17.0 Å². The van der Waals surface area contributed by atoms with Crippen LogP contribution in [-0.4, -0.2) is 53.8 Å². The minimum atomic E-state index is -3.50. The van der Waals surface area contributed by atoms with E-state index in [1.807, 2.05) is 6.92 Å². The van der Waals surface area contributed by atoms with Crippen molar-refractivity contribution in [3.8, 4) is 0 Å². The molecule has 104 valence electrons. The van der Waals surface area contributed by atoms with Crippen LogP contribution in [0.25, 0.3) is 0 Å². The van der Waals surface area contributed by atoms with Crippen LogP contribution in [0.2, 0.25) is 0 Å².